The van der Waals surface area contributed by atoms with Crippen LogP contribution in [0, 0.1) is 0 Å². The van der Waals surface area contributed by atoms with E-state index in [1.165, 1.54) is 0 Å². The minimum Gasteiger partial charge on any atom is -0.450 e. The Labute approximate surface area is 72.9 Å². The van der Waals surface area contributed by atoms with Crippen molar-refractivity contribution in [1.82, 2.24) is 0 Å². The first-order valence-corrected chi connectivity index (χ1v) is 2.59. The zero-order valence-electron chi connectivity index (χ0n) is 6.18. The molecule has 0 aliphatic rings. The topological polar surface area (TPSA) is 101 Å². The highest BCUT2D eigenvalue weighted by molar-refractivity contribution is 5.82. The molecule has 0 aliphatic heterocycles. The van der Waals surface area contributed by atoms with E-state index in [0.717, 1.165) is 0 Å². The zero-order chi connectivity index (χ0) is 12.2. The van der Waals surface area contributed by atoms with Crippen molar-refractivity contribution in [2.75, 3.05) is 0 Å². The molecule has 0 aliphatic carbocycles. The summed E-state index contributed by atoms with van der Waals surface area (Å²) >= 11 is 0. The largest absolute Gasteiger partial charge is 0.503 e. The van der Waals surface area contributed by atoms with Gasteiger partial charge in [0.25, 0.3) is 5.91 Å². The lowest BCUT2D eigenvalue weighted by atomic mass is 10.3. The number of nitrogens with two attached hydrogens (primary N) is 1. The van der Waals surface area contributed by atoms with Crippen LogP contribution in [0.5, 0.6) is 0 Å². The van der Waals surface area contributed by atoms with Crippen molar-refractivity contribution < 1.29 is 41.8 Å². The highest BCUT2D eigenvalue weighted by Crippen LogP contribution is 2.34. The van der Waals surface area contributed by atoms with Crippen LogP contribution < -0.4 is 5.73 Å². The summed E-state index contributed by atoms with van der Waals surface area (Å²) in [7, 11) is 0. The molecule has 5 nitrogen and oxygen atoms in total. The fourth-order valence-corrected chi connectivity index (χ4v) is 0.140. The first-order valence-electron chi connectivity index (χ1n) is 2.59. The summed E-state index contributed by atoms with van der Waals surface area (Å²) in [6, 6.07) is 0. The van der Waals surface area contributed by atoms with E-state index in [4.69, 9.17) is 15.0 Å². The fourth-order valence-electron chi connectivity index (χ4n) is 0.140. The lowest BCUT2D eigenvalue weighted by Gasteiger charge is -2.14. The van der Waals surface area contributed by atoms with Crippen LogP contribution in [-0.4, -0.2) is 34.4 Å². The normalized spacial score (nSPS) is 11.2. The Kier molecular flexibility index (Phi) is 4.87. The van der Waals surface area contributed by atoms with Crippen molar-refractivity contribution in [3.8, 4) is 0 Å². The molecule has 14 heavy (non-hydrogen) atoms. The molecule has 0 saturated heterocycles. The van der Waals surface area contributed by atoms with Crippen LogP contribution in [0.25, 0.3) is 0 Å². The zero-order valence-corrected chi connectivity index (χ0v) is 6.18. The van der Waals surface area contributed by atoms with Gasteiger partial charge in [0.15, 0.2) is 0 Å². The molecule has 10 heteroatoms. The molecule has 0 aromatic heterocycles. The third-order valence-electron chi connectivity index (χ3n) is 0.665. The van der Waals surface area contributed by atoms with E-state index in [1.807, 2.05) is 0 Å². The summed E-state index contributed by atoms with van der Waals surface area (Å²) in [5, 5.41) is 13.9. The number of primary amides is 1. The molecule has 0 unspecified atom stereocenters. The first-order chi connectivity index (χ1) is 5.93. The number of carbonyl (C=O) groups is 2. The van der Waals surface area contributed by atoms with Crippen LogP contribution in [0.15, 0.2) is 0 Å². The predicted octanol–water partition coefficient (Wildman–Crippen LogP) is 0.892. The van der Waals surface area contributed by atoms with E-state index in [2.05, 4.69) is 5.73 Å². The third-order valence-corrected chi connectivity index (χ3v) is 0.665. The Morgan fingerprint density at radius 1 is 1.00 bits per heavy atom. The van der Waals surface area contributed by atoms with Crippen LogP contribution in [0.4, 0.5) is 26.7 Å². The molecule has 0 atom stereocenters. The summed E-state index contributed by atoms with van der Waals surface area (Å²) in [6.45, 7) is 0. The van der Waals surface area contributed by atoms with Gasteiger partial charge < -0.3 is 15.9 Å². The highest BCUT2D eigenvalue weighted by atomic mass is 19.4. The van der Waals surface area contributed by atoms with Gasteiger partial charge in [-0.05, 0) is 0 Å². The van der Waals surface area contributed by atoms with Crippen molar-refractivity contribution in [2.45, 2.75) is 12.1 Å². The smallest absolute Gasteiger partial charge is 0.450 e. The number of carbonyl (C=O) groups excluding carboxylic acids is 1. The van der Waals surface area contributed by atoms with Crippen LogP contribution in [-0.2, 0) is 4.79 Å². The highest BCUT2D eigenvalue weighted by Gasteiger charge is 2.62. The Bertz CT molecular complexity index is 220. The van der Waals surface area contributed by atoms with E-state index in [1.54, 1.807) is 0 Å². The Morgan fingerprint density at radius 3 is 1.21 bits per heavy atom. The van der Waals surface area contributed by atoms with Crippen molar-refractivity contribution in [3.63, 3.8) is 0 Å². The quantitative estimate of drug-likeness (QED) is 0.577. The summed E-state index contributed by atoms with van der Waals surface area (Å²) in [6.07, 6.45) is -7.72. The number of rotatable bonds is 1. The van der Waals surface area contributed by atoms with E-state index in [0.29, 0.717) is 0 Å². The number of amides is 1. The van der Waals surface area contributed by atoms with Gasteiger partial charge in [-0.15, -0.1) is 0 Å². The number of alkyl halides is 5. The molecule has 0 aromatic carbocycles. The van der Waals surface area contributed by atoms with Gasteiger partial charge >= 0.3 is 18.3 Å². The van der Waals surface area contributed by atoms with Gasteiger partial charge in [0, 0.05) is 0 Å². The lowest BCUT2D eigenvalue weighted by molar-refractivity contribution is -0.268. The SMILES string of the molecule is NC(=O)C(F)(F)C(F)(F)F.O=C(O)O. The van der Waals surface area contributed by atoms with Gasteiger partial charge in [0.05, 0.1) is 0 Å². The molecule has 0 fully saturated rings. The van der Waals surface area contributed by atoms with Gasteiger partial charge in [-0.1, -0.05) is 0 Å². The van der Waals surface area contributed by atoms with E-state index >= 15 is 0 Å². The molecule has 84 valence electrons. The molecular weight excluding hydrogens is 221 g/mol. The van der Waals surface area contributed by atoms with Gasteiger partial charge in [-0.25, -0.2) is 4.79 Å². The number of carboxylic acid groups (broad SMARTS) is 2. The molecule has 0 spiro atoms. The summed E-state index contributed by atoms with van der Waals surface area (Å²) < 4.78 is 56.0. The number of hydrogen-bond donors (Lipinski definition) is 3. The van der Waals surface area contributed by atoms with Crippen molar-refractivity contribution >= 4 is 12.1 Å². The first kappa shape index (κ1) is 14.9. The Balaban J connectivity index is 0. The lowest BCUT2D eigenvalue weighted by Crippen LogP contribution is -2.47. The summed E-state index contributed by atoms with van der Waals surface area (Å²) in [4.78, 5) is 18.0. The van der Waals surface area contributed by atoms with Crippen molar-refractivity contribution in [3.05, 3.63) is 0 Å². The average molecular weight is 225 g/mol. The summed E-state index contributed by atoms with van der Waals surface area (Å²) in [5.74, 6) is -8.12. The predicted molar refractivity (Wildman–Crippen MR) is 30.9 cm³/mol. The van der Waals surface area contributed by atoms with Crippen LogP contribution in [0.2, 0.25) is 0 Å². The van der Waals surface area contributed by atoms with Crippen LogP contribution in [0.1, 0.15) is 0 Å². The molecule has 0 radical (unpaired) electrons. The van der Waals surface area contributed by atoms with E-state index in [-0.39, 0.29) is 0 Å². The number of hydrogen-bond acceptors (Lipinski definition) is 2. The maximum atomic E-state index is 11.5. The molecule has 0 bridgehead atoms. The molecule has 4 N–H and O–H groups in total. The molecule has 1 amide bonds. The maximum absolute atomic E-state index is 11.5. The Hall–Kier alpha value is -1.61. The van der Waals surface area contributed by atoms with E-state index < -0.39 is 24.2 Å². The third kappa shape index (κ3) is 5.11. The molecule has 0 rings (SSSR count). The van der Waals surface area contributed by atoms with Gasteiger partial charge in [0.2, 0.25) is 0 Å². The molecular formula is C4H4F5NO4. The second kappa shape index (κ2) is 4.58. The second-order valence-electron chi connectivity index (χ2n) is 1.72. The monoisotopic (exact) mass is 225 g/mol. The standard InChI is InChI=1S/C3H2F5NO.CH2O3/c4-2(5,1(9)10)3(6,7)8;2-1(3)4/h(H2,9,10);(H2,2,3,4). The average Bonchev–Trinajstić information content (AvgIpc) is 1.82. The molecule has 0 saturated carbocycles. The van der Waals surface area contributed by atoms with Crippen LogP contribution >= 0.6 is 0 Å². The van der Waals surface area contributed by atoms with E-state index in [9.17, 15) is 26.7 Å². The number of halogens is 5. The minimum atomic E-state index is -5.89. The van der Waals surface area contributed by atoms with Gasteiger partial charge in [-0.3, -0.25) is 4.79 Å². The molecule has 0 heterocycles. The fraction of sp³-hybridized carbons (Fsp3) is 0.500. The van der Waals surface area contributed by atoms with Crippen LogP contribution in [0.3, 0.4) is 0 Å². The maximum Gasteiger partial charge on any atom is 0.503 e. The summed E-state index contributed by atoms with van der Waals surface area (Å²) in [5.41, 5.74) is 3.75. The van der Waals surface area contributed by atoms with Crippen molar-refractivity contribution in [1.29, 1.82) is 0 Å². The Morgan fingerprint density at radius 2 is 1.21 bits per heavy atom. The molecule has 0 aromatic rings. The second-order valence-corrected chi connectivity index (χ2v) is 1.72. The van der Waals surface area contributed by atoms with Crippen molar-refractivity contribution in [2.24, 2.45) is 5.73 Å². The van der Waals surface area contributed by atoms with Gasteiger partial charge in [-0.2, -0.15) is 22.0 Å². The minimum absolute atomic E-state index is 1.83. The van der Waals surface area contributed by atoms with Gasteiger partial charge in [0.1, 0.15) is 0 Å².